The molecule has 2 heterocycles. The predicted molar refractivity (Wildman–Crippen MR) is 80.3 cm³/mol. The Morgan fingerprint density at radius 2 is 2.11 bits per heavy atom. The number of carbonyl (C=O) groups is 1. The molecule has 1 aliphatic heterocycles. The van der Waals surface area contributed by atoms with E-state index in [0.29, 0.717) is 12.5 Å². The average Bonchev–Trinajstić information content (AvgIpc) is 2.93. The third-order valence-electron chi connectivity index (χ3n) is 3.70. The Labute approximate surface area is 120 Å². The van der Waals surface area contributed by atoms with Gasteiger partial charge < -0.3 is 10.2 Å². The van der Waals surface area contributed by atoms with Crippen LogP contribution in [-0.2, 0) is 4.79 Å². The quantitative estimate of drug-likeness (QED) is 0.899. The van der Waals surface area contributed by atoms with Crippen molar-refractivity contribution in [1.82, 2.24) is 10.2 Å². The Morgan fingerprint density at radius 1 is 1.37 bits per heavy atom. The van der Waals surface area contributed by atoms with E-state index in [1.54, 1.807) is 11.3 Å². The van der Waals surface area contributed by atoms with E-state index < -0.39 is 0 Å². The van der Waals surface area contributed by atoms with Crippen LogP contribution in [0.2, 0.25) is 0 Å². The number of likely N-dealkylation sites (tertiary alicyclic amines) is 1. The van der Waals surface area contributed by atoms with Gasteiger partial charge in [-0.25, -0.2) is 0 Å². The molecule has 0 bridgehead atoms. The zero-order chi connectivity index (χ0) is 13.7. The van der Waals surface area contributed by atoms with E-state index in [1.165, 1.54) is 11.3 Å². The van der Waals surface area contributed by atoms with E-state index in [2.05, 4.69) is 36.7 Å². The summed E-state index contributed by atoms with van der Waals surface area (Å²) in [6, 6.07) is 4.51. The van der Waals surface area contributed by atoms with Crippen LogP contribution in [0.25, 0.3) is 0 Å². The number of amides is 1. The number of nitrogens with one attached hydrogen (secondary N) is 1. The number of nitrogens with zero attached hydrogens (tertiary/aromatic N) is 1. The molecule has 1 N–H and O–H groups in total. The van der Waals surface area contributed by atoms with Crippen LogP contribution in [-0.4, -0.2) is 30.4 Å². The van der Waals surface area contributed by atoms with E-state index in [1.807, 2.05) is 4.90 Å². The van der Waals surface area contributed by atoms with Gasteiger partial charge in [0.2, 0.25) is 5.91 Å². The van der Waals surface area contributed by atoms with Crippen molar-refractivity contribution in [2.75, 3.05) is 19.6 Å². The van der Waals surface area contributed by atoms with Crippen molar-refractivity contribution < 1.29 is 4.79 Å². The number of thiophene rings is 1. The molecule has 1 atom stereocenters. The second kappa shape index (κ2) is 7.06. The molecule has 1 saturated heterocycles. The van der Waals surface area contributed by atoms with Gasteiger partial charge in [-0.3, -0.25) is 4.79 Å². The van der Waals surface area contributed by atoms with Gasteiger partial charge in [-0.15, -0.1) is 11.3 Å². The molecule has 3 nitrogen and oxygen atoms in total. The molecule has 2 rings (SSSR count). The first-order valence-electron chi connectivity index (χ1n) is 7.23. The molecular weight excluding hydrogens is 256 g/mol. The van der Waals surface area contributed by atoms with Crippen LogP contribution in [0, 0.1) is 5.92 Å². The minimum Gasteiger partial charge on any atom is -0.342 e. The minimum absolute atomic E-state index is 0.252. The third kappa shape index (κ3) is 4.05. The van der Waals surface area contributed by atoms with Gasteiger partial charge in [0.25, 0.3) is 0 Å². The summed E-state index contributed by atoms with van der Waals surface area (Å²) in [7, 11) is 0. The maximum Gasteiger partial charge on any atom is 0.236 e. The van der Waals surface area contributed by atoms with Crippen molar-refractivity contribution in [3.05, 3.63) is 22.4 Å². The lowest BCUT2D eigenvalue weighted by Crippen LogP contribution is -2.42. The first-order valence-corrected chi connectivity index (χ1v) is 8.11. The fourth-order valence-electron chi connectivity index (χ4n) is 2.59. The summed E-state index contributed by atoms with van der Waals surface area (Å²) in [5.41, 5.74) is 0. The molecule has 1 fully saturated rings. The Bertz CT molecular complexity index is 383. The molecule has 4 heteroatoms. The molecular formula is C15H24N2OS. The Kier molecular flexibility index (Phi) is 5.40. The molecule has 0 spiro atoms. The third-order valence-corrected chi connectivity index (χ3v) is 4.65. The molecule has 1 unspecified atom stereocenters. The molecule has 106 valence electrons. The van der Waals surface area contributed by atoms with Gasteiger partial charge in [0.15, 0.2) is 0 Å². The van der Waals surface area contributed by atoms with Crippen molar-refractivity contribution in [3.63, 3.8) is 0 Å². The van der Waals surface area contributed by atoms with Crippen molar-refractivity contribution >= 4 is 17.2 Å². The molecule has 0 radical (unpaired) electrons. The summed E-state index contributed by atoms with van der Waals surface area (Å²) >= 11 is 1.76. The van der Waals surface area contributed by atoms with Crippen LogP contribution in [0.3, 0.4) is 0 Å². The second-order valence-corrected chi connectivity index (χ2v) is 6.54. The molecule has 1 aromatic rings. The monoisotopic (exact) mass is 280 g/mol. The standard InChI is InChI=1S/C15H24N2OS/c1-12(2)15(13-7-6-10-19-13)16-11-14(18)17-8-4-3-5-9-17/h6-7,10,12,15-16H,3-5,8-9,11H2,1-2H3. The van der Waals surface area contributed by atoms with Crippen LogP contribution in [0.1, 0.15) is 44.0 Å². The highest BCUT2D eigenvalue weighted by molar-refractivity contribution is 7.10. The fraction of sp³-hybridized carbons (Fsp3) is 0.667. The number of rotatable bonds is 5. The lowest BCUT2D eigenvalue weighted by atomic mass is 10.0. The van der Waals surface area contributed by atoms with Crippen LogP contribution < -0.4 is 5.32 Å². The van der Waals surface area contributed by atoms with Crippen molar-refractivity contribution in [3.8, 4) is 0 Å². The predicted octanol–water partition coefficient (Wildman–Crippen LogP) is 3.05. The summed E-state index contributed by atoms with van der Waals surface area (Å²) in [4.78, 5) is 15.5. The van der Waals surface area contributed by atoms with Gasteiger partial charge in [0.05, 0.1) is 6.54 Å². The van der Waals surface area contributed by atoms with Gasteiger partial charge >= 0.3 is 0 Å². The Hall–Kier alpha value is -0.870. The molecule has 1 amide bonds. The first kappa shape index (κ1) is 14.5. The lowest BCUT2D eigenvalue weighted by Gasteiger charge is -2.28. The van der Waals surface area contributed by atoms with Crippen LogP contribution in [0.4, 0.5) is 0 Å². The second-order valence-electron chi connectivity index (χ2n) is 5.56. The van der Waals surface area contributed by atoms with Crippen molar-refractivity contribution in [2.45, 2.75) is 39.2 Å². The highest BCUT2D eigenvalue weighted by Gasteiger charge is 2.20. The summed E-state index contributed by atoms with van der Waals surface area (Å²) < 4.78 is 0. The van der Waals surface area contributed by atoms with Gasteiger partial charge in [-0.05, 0) is 36.6 Å². The summed E-state index contributed by atoms with van der Waals surface area (Å²) in [5, 5.41) is 5.53. The van der Waals surface area contributed by atoms with E-state index >= 15 is 0 Å². The maximum atomic E-state index is 12.2. The highest BCUT2D eigenvalue weighted by Crippen LogP contribution is 2.25. The lowest BCUT2D eigenvalue weighted by molar-refractivity contribution is -0.131. The van der Waals surface area contributed by atoms with Crippen LogP contribution in [0.5, 0.6) is 0 Å². The largest absolute Gasteiger partial charge is 0.342 e. The van der Waals surface area contributed by atoms with Gasteiger partial charge in [0.1, 0.15) is 0 Å². The smallest absolute Gasteiger partial charge is 0.236 e. The summed E-state index contributed by atoms with van der Waals surface area (Å²) in [6.07, 6.45) is 3.58. The van der Waals surface area contributed by atoms with Gasteiger partial charge in [-0.2, -0.15) is 0 Å². The molecule has 0 aromatic carbocycles. The SMILES string of the molecule is CC(C)C(NCC(=O)N1CCCCC1)c1cccs1. The molecule has 1 aliphatic rings. The number of piperidine rings is 1. The highest BCUT2D eigenvalue weighted by atomic mass is 32.1. The molecule has 0 aliphatic carbocycles. The molecule has 19 heavy (non-hydrogen) atoms. The number of hydrogen-bond donors (Lipinski definition) is 1. The summed E-state index contributed by atoms with van der Waals surface area (Å²) in [6.45, 7) is 6.73. The average molecular weight is 280 g/mol. The van der Waals surface area contributed by atoms with Crippen molar-refractivity contribution in [2.24, 2.45) is 5.92 Å². The van der Waals surface area contributed by atoms with Gasteiger partial charge in [-0.1, -0.05) is 19.9 Å². The fourth-order valence-corrected chi connectivity index (χ4v) is 3.56. The van der Waals surface area contributed by atoms with Gasteiger partial charge in [0, 0.05) is 24.0 Å². The first-order chi connectivity index (χ1) is 9.18. The van der Waals surface area contributed by atoms with Crippen LogP contribution >= 0.6 is 11.3 Å². The number of carbonyl (C=O) groups excluding carboxylic acids is 1. The zero-order valence-corrected chi connectivity index (χ0v) is 12.7. The zero-order valence-electron chi connectivity index (χ0n) is 11.9. The normalized spacial score (nSPS) is 17.7. The number of hydrogen-bond acceptors (Lipinski definition) is 3. The van der Waals surface area contributed by atoms with E-state index in [9.17, 15) is 4.79 Å². The molecule has 1 aromatic heterocycles. The van der Waals surface area contributed by atoms with Crippen LogP contribution in [0.15, 0.2) is 17.5 Å². The maximum absolute atomic E-state index is 12.2. The molecule has 0 saturated carbocycles. The Balaban J connectivity index is 1.86. The Morgan fingerprint density at radius 3 is 2.68 bits per heavy atom. The van der Waals surface area contributed by atoms with E-state index in [0.717, 1.165) is 25.9 Å². The van der Waals surface area contributed by atoms with E-state index in [-0.39, 0.29) is 11.9 Å². The van der Waals surface area contributed by atoms with E-state index in [4.69, 9.17) is 0 Å². The minimum atomic E-state index is 0.252. The summed E-state index contributed by atoms with van der Waals surface area (Å²) in [5.74, 6) is 0.745. The topological polar surface area (TPSA) is 32.3 Å². The van der Waals surface area contributed by atoms with Crippen molar-refractivity contribution in [1.29, 1.82) is 0 Å².